The first kappa shape index (κ1) is 12.7. The Hall–Kier alpha value is -1.32. The van der Waals surface area contributed by atoms with E-state index < -0.39 is 0 Å². The molecule has 0 amide bonds. The maximum atomic E-state index is 5.88. The fourth-order valence-corrected chi connectivity index (χ4v) is 2.68. The summed E-state index contributed by atoms with van der Waals surface area (Å²) in [6, 6.07) is 10.5. The van der Waals surface area contributed by atoms with Crippen molar-refractivity contribution in [3.05, 3.63) is 36.1 Å². The second-order valence-electron chi connectivity index (χ2n) is 5.53. The number of fused-ring (bicyclic) bond motifs is 1. The first-order chi connectivity index (χ1) is 9.22. The Morgan fingerprint density at radius 2 is 2.16 bits per heavy atom. The van der Waals surface area contributed by atoms with E-state index in [1.165, 1.54) is 6.42 Å². The standard InChI is InChI=1S/C16H21NO2/c1-12(17-11-16(18-2)8-5-9-16)15-10-13-6-3-4-7-14(13)19-15/h3-4,6-7,10,12,17H,5,8-9,11H2,1-2H3. The fraction of sp³-hybridized carbons (Fsp3) is 0.500. The summed E-state index contributed by atoms with van der Waals surface area (Å²) in [4.78, 5) is 0. The Morgan fingerprint density at radius 3 is 2.79 bits per heavy atom. The number of rotatable bonds is 5. The molecule has 3 rings (SSSR count). The minimum atomic E-state index is 0.0558. The van der Waals surface area contributed by atoms with E-state index in [2.05, 4.69) is 24.4 Å². The van der Waals surface area contributed by atoms with Crippen molar-refractivity contribution >= 4 is 11.0 Å². The average molecular weight is 259 g/mol. The van der Waals surface area contributed by atoms with Crippen molar-refractivity contribution < 1.29 is 9.15 Å². The Morgan fingerprint density at radius 1 is 1.37 bits per heavy atom. The van der Waals surface area contributed by atoms with Gasteiger partial charge in [-0.3, -0.25) is 0 Å². The Kier molecular flexibility index (Phi) is 3.33. The zero-order chi connectivity index (χ0) is 13.3. The number of benzene rings is 1. The van der Waals surface area contributed by atoms with Crippen LogP contribution in [0.3, 0.4) is 0 Å². The lowest BCUT2D eigenvalue weighted by Gasteiger charge is -2.41. The van der Waals surface area contributed by atoms with Gasteiger partial charge in [-0.05, 0) is 38.3 Å². The monoisotopic (exact) mass is 259 g/mol. The number of furan rings is 1. The molecule has 0 radical (unpaired) electrons. The van der Waals surface area contributed by atoms with Gasteiger partial charge in [0, 0.05) is 19.0 Å². The van der Waals surface area contributed by atoms with Crippen LogP contribution in [0.2, 0.25) is 0 Å². The Labute approximate surface area is 113 Å². The third kappa shape index (κ3) is 2.40. The minimum absolute atomic E-state index is 0.0558. The molecule has 1 aliphatic rings. The number of ether oxygens (including phenoxy) is 1. The molecular formula is C16H21NO2. The van der Waals surface area contributed by atoms with Crippen LogP contribution in [-0.2, 0) is 4.74 Å². The van der Waals surface area contributed by atoms with Gasteiger partial charge in [-0.2, -0.15) is 0 Å². The summed E-state index contributed by atoms with van der Waals surface area (Å²) in [6.07, 6.45) is 3.58. The molecule has 102 valence electrons. The summed E-state index contributed by atoms with van der Waals surface area (Å²) < 4.78 is 11.5. The highest BCUT2D eigenvalue weighted by Gasteiger charge is 2.37. The Bertz CT molecular complexity index is 518. The molecular weight excluding hydrogens is 238 g/mol. The van der Waals surface area contributed by atoms with Gasteiger partial charge >= 0.3 is 0 Å². The molecule has 1 aromatic heterocycles. The van der Waals surface area contributed by atoms with Crippen molar-refractivity contribution in [1.82, 2.24) is 5.32 Å². The van der Waals surface area contributed by atoms with Crippen molar-refractivity contribution in [2.75, 3.05) is 13.7 Å². The Balaban J connectivity index is 1.68. The smallest absolute Gasteiger partial charge is 0.134 e. The maximum Gasteiger partial charge on any atom is 0.134 e. The predicted octanol–water partition coefficient (Wildman–Crippen LogP) is 3.65. The van der Waals surface area contributed by atoms with Gasteiger partial charge in [0.25, 0.3) is 0 Å². The van der Waals surface area contributed by atoms with E-state index >= 15 is 0 Å². The second kappa shape index (κ2) is 4.99. The highest BCUT2D eigenvalue weighted by atomic mass is 16.5. The van der Waals surface area contributed by atoms with E-state index in [1.54, 1.807) is 0 Å². The lowest BCUT2D eigenvalue weighted by atomic mass is 9.80. The second-order valence-corrected chi connectivity index (χ2v) is 5.53. The number of para-hydroxylation sites is 1. The van der Waals surface area contributed by atoms with Gasteiger partial charge in [0.15, 0.2) is 0 Å². The number of hydrogen-bond donors (Lipinski definition) is 1. The van der Waals surface area contributed by atoms with Gasteiger partial charge in [-0.25, -0.2) is 0 Å². The van der Waals surface area contributed by atoms with Gasteiger partial charge in [0.1, 0.15) is 11.3 Å². The van der Waals surface area contributed by atoms with E-state index in [1.807, 2.05) is 25.3 Å². The zero-order valence-corrected chi connectivity index (χ0v) is 11.6. The molecule has 19 heavy (non-hydrogen) atoms. The molecule has 3 nitrogen and oxygen atoms in total. The van der Waals surface area contributed by atoms with E-state index in [4.69, 9.17) is 9.15 Å². The minimum Gasteiger partial charge on any atom is -0.459 e. The molecule has 0 bridgehead atoms. The zero-order valence-electron chi connectivity index (χ0n) is 11.6. The lowest BCUT2D eigenvalue weighted by Crippen LogP contribution is -2.48. The summed E-state index contributed by atoms with van der Waals surface area (Å²) in [6.45, 7) is 3.03. The average Bonchev–Trinajstić information content (AvgIpc) is 2.81. The van der Waals surface area contributed by atoms with Crippen molar-refractivity contribution in [2.24, 2.45) is 0 Å². The molecule has 0 aliphatic heterocycles. The summed E-state index contributed by atoms with van der Waals surface area (Å²) in [5, 5.41) is 4.70. The van der Waals surface area contributed by atoms with E-state index in [0.29, 0.717) is 0 Å². The molecule has 2 aromatic rings. The van der Waals surface area contributed by atoms with Crippen molar-refractivity contribution in [3.63, 3.8) is 0 Å². The highest BCUT2D eigenvalue weighted by Crippen LogP contribution is 2.35. The van der Waals surface area contributed by atoms with E-state index in [0.717, 1.165) is 36.1 Å². The van der Waals surface area contributed by atoms with Crippen LogP contribution < -0.4 is 5.32 Å². The number of hydrogen-bond acceptors (Lipinski definition) is 3. The molecule has 1 aromatic carbocycles. The normalized spacial score (nSPS) is 19.3. The first-order valence-corrected chi connectivity index (χ1v) is 6.99. The van der Waals surface area contributed by atoms with Gasteiger partial charge in [0.05, 0.1) is 11.6 Å². The summed E-state index contributed by atoms with van der Waals surface area (Å²) in [7, 11) is 1.81. The van der Waals surface area contributed by atoms with Crippen LogP contribution >= 0.6 is 0 Å². The van der Waals surface area contributed by atoms with Gasteiger partial charge in [-0.15, -0.1) is 0 Å². The molecule has 1 fully saturated rings. The van der Waals surface area contributed by atoms with E-state index in [9.17, 15) is 0 Å². The first-order valence-electron chi connectivity index (χ1n) is 6.99. The number of nitrogens with one attached hydrogen (secondary N) is 1. The summed E-state index contributed by atoms with van der Waals surface area (Å²) in [5.41, 5.74) is 1.01. The van der Waals surface area contributed by atoms with Crippen molar-refractivity contribution in [3.8, 4) is 0 Å². The summed E-state index contributed by atoms with van der Waals surface area (Å²) in [5.74, 6) is 0.992. The molecule has 1 N–H and O–H groups in total. The van der Waals surface area contributed by atoms with Crippen LogP contribution in [0.1, 0.15) is 38.0 Å². The molecule has 1 unspecified atom stereocenters. The summed E-state index contributed by atoms with van der Waals surface area (Å²) >= 11 is 0. The van der Waals surface area contributed by atoms with Crippen LogP contribution in [0, 0.1) is 0 Å². The lowest BCUT2D eigenvalue weighted by molar-refractivity contribution is -0.0709. The van der Waals surface area contributed by atoms with Gasteiger partial charge < -0.3 is 14.5 Å². The highest BCUT2D eigenvalue weighted by molar-refractivity contribution is 5.77. The van der Waals surface area contributed by atoms with Crippen LogP contribution in [0.5, 0.6) is 0 Å². The largest absolute Gasteiger partial charge is 0.459 e. The predicted molar refractivity (Wildman–Crippen MR) is 76.2 cm³/mol. The van der Waals surface area contributed by atoms with Crippen LogP contribution in [-0.4, -0.2) is 19.3 Å². The van der Waals surface area contributed by atoms with Gasteiger partial charge in [-0.1, -0.05) is 18.2 Å². The fourth-order valence-electron chi connectivity index (χ4n) is 2.68. The maximum absolute atomic E-state index is 5.88. The molecule has 0 spiro atoms. The molecule has 1 heterocycles. The van der Waals surface area contributed by atoms with Crippen LogP contribution in [0.4, 0.5) is 0 Å². The molecule has 1 atom stereocenters. The van der Waals surface area contributed by atoms with Crippen LogP contribution in [0.25, 0.3) is 11.0 Å². The third-order valence-electron chi connectivity index (χ3n) is 4.30. The topological polar surface area (TPSA) is 34.4 Å². The van der Waals surface area contributed by atoms with E-state index in [-0.39, 0.29) is 11.6 Å². The van der Waals surface area contributed by atoms with Crippen LogP contribution in [0.15, 0.2) is 34.7 Å². The molecule has 3 heteroatoms. The SMILES string of the molecule is COC1(CNC(C)c2cc3ccccc3o2)CCC1. The van der Waals surface area contributed by atoms with Crippen molar-refractivity contribution in [1.29, 1.82) is 0 Å². The molecule has 1 saturated carbocycles. The van der Waals surface area contributed by atoms with Gasteiger partial charge in [0.2, 0.25) is 0 Å². The van der Waals surface area contributed by atoms with Crippen molar-refractivity contribution in [2.45, 2.75) is 37.8 Å². The molecule has 1 aliphatic carbocycles. The third-order valence-corrected chi connectivity index (χ3v) is 4.30. The number of methoxy groups -OCH3 is 1. The molecule has 0 saturated heterocycles. The quantitative estimate of drug-likeness (QED) is 0.890.